The molecule has 1 nitrogen and oxygen atoms in total. The van der Waals surface area contributed by atoms with Crippen LogP contribution in [0.4, 0.5) is 0 Å². The smallest absolute Gasteiger partial charge is 0.139 e. The van der Waals surface area contributed by atoms with Crippen molar-refractivity contribution in [3.8, 4) is 0 Å². The van der Waals surface area contributed by atoms with Crippen molar-refractivity contribution in [3.05, 3.63) is 0 Å². The average molecular weight is 206 g/mol. The molecule has 3 rings (SSSR count). The Labute approximate surface area is 92.6 Å². The zero-order valence-corrected chi connectivity index (χ0v) is 9.74. The summed E-state index contributed by atoms with van der Waals surface area (Å²) in [7, 11) is 0. The highest BCUT2D eigenvalue weighted by Gasteiger charge is 2.45. The van der Waals surface area contributed by atoms with E-state index in [9.17, 15) is 4.79 Å². The third-order valence-electron chi connectivity index (χ3n) is 5.20. The van der Waals surface area contributed by atoms with Crippen molar-refractivity contribution in [2.24, 2.45) is 29.6 Å². The van der Waals surface area contributed by atoms with Crippen LogP contribution in [0.3, 0.4) is 0 Å². The minimum Gasteiger partial charge on any atom is -0.299 e. The third-order valence-corrected chi connectivity index (χ3v) is 5.20. The Bertz CT molecular complexity index is 271. The Morgan fingerprint density at radius 2 is 1.87 bits per heavy atom. The number of hydrogen-bond acceptors (Lipinski definition) is 1. The molecule has 0 aromatic rings. The summed E-state index contributed by atoms with van der Waals surface area (Å²) < 4.78 is 0. The quantitative estimate of drug-likeness (QED) is 0.676. The van der Waals surface area contributed by atoms with Gasteiger partial charge in [0.2, 0.25) is 0 Å². The lowest BCUT2D eigenvalue weighted by Gasteiger charge is -2.23. The number of carbonyl (C=O) groups excluding carboxylic acids is 1. The molecule has 3 saturated carbocycles. The number of carbonyl (C=O) groups is 1. The predicted octanol–water partition coefficient (Wildman–Crippen LogP) is 3.43. The first-order valence-corrected chi connectivity index (χ1v) is 6.77. The van der Waals surface area contributed by atoms with E-state index in [1.165, 1.54) is 44.9 Å². The van der Waals surface area contributed by atoms with E-state index in [1.807, 2.05) is 0 Å². The molecular formula is C14H22O. The Hall–Kier alpha value is -0.330. The molecule has 1 heteroatoms. The summed E-state index contributed by atoms with van der Waals surface area (Å²) in [6, 6.07) is 0. The van der Waals surface area contributed by atoms with Crippen LogP contribution in [0.15, 0.2) is 0 Å². The zero-order chi connectivity index (χ0) is 10.4. The summed E-state index contributed by atoms with van der Waals surface area (Å²) >= 11 is 0. The second kappa shape index (κ2) is 3.61. The lowest BCUT2D eigenvalue weighted by molar-refractivity contribution is -0.128. The molecular weight excluding hydrogens is 184 g/mol. The van der Waals surface area contributed by atoms with Crippen LogP contribution in [0.1, 0.15) is 51.9 Å². The van der Waals surface area contributed by atoms with Crippen molar-refractivity contribution in [3.63, 3.8) is 0 Å². The van der Waals surface area contributed by atoms with Crippen molar-refractivity contribution >= 4 is 5.78 Å². The molecule has 5 atom stereocenters. The van der Waals surface area contributed by atoms with E-state index in [1.54, 1.807) is 0 Å². The van der Waals surface area contributed by atoms with Crippen molar-refractivity contribution in [1.29, 1.82) is 0 Å². The molecule has 0 amide bonds. The first kappa shape index (κ1) is 9.86. The van der Waals surface area contributed by atoms with Gasteiger partial charge in [-0.05, 0) is 56.3 Å². The summed E-state index contributed by atoms with van der Waals surface area (Å²) in [6.45, 7) is 2.30. The van der Waals surface area contributed by atoms with Crippen LogP contribution >= 0.6 is 0 Å². The summed E-state index contributed by atoms with van der Waals surface area (Å²) in [5, 5.41) is 0. The van der Waals surface area contributed by atoms with E-state index in [4.69, 9.17) is 0 Å². The van der Waals surface area contributed by atoms with Crippen molar-refractivity contribution < 1.29 is 4.79 Å². The van der Waals surface area contributed by atoms with E-state index in [0.29, 0.717) is 17.6 Å². The van der Waals surface area contributed by atoms with Crippen molar-refractivity contribution in [1.82, 2.24) is 0 Å². The van der Waals surface area contributed by atoms with Gasteiger partial charge >= 0.3 is 0 Å². The second-order valence-electron chi connectivity index (χ2n) is 6.30. The fourth-order valence-electron chi connectivity index (χ4n) is 4.36. The third kappa shape index (κ3) is 1.64. The Morgan fingerprint density at radius 3 is 2.40 bits per heavy atom. The van der Waals surface area contributed by atoms with Gasteiger partial charge in [-0.2, -0.15) is 0 Å². The predicted molar refractivity (Wildman–Crippen MR) is 60.5 cm³/mol. The molecule has 0 aliphatic heterocycles. The molecule has 0 N–H and O–H groups in total. The Kier molecular flexibility index (Phi) is 2.37. The average Bonchev–Trinajstić information content (AvgIpc) is 2.90. The van der Waals surface area contributed by atoms with E-state index in [-0.39, 0.29) is 0 Å². The molecule has 5 unspecified atom stereocenters. The van der Waals surface area contributed by atoms with Crippen LogP contribution in [0.2, 0.25) is 0 Å². The molecule has 0 aromatic heterocycles. The molecule has 3 aliphatic carbocycles. The largest absolute Gasteiger partial charge is 0.299 e. The molecule has 84 valence electrons. The standard InChI is InChI=1S/C14H22O/c1-9-2-4-12(6-9)14(15)13-8-10-3-5-11(13)7-10/h9-13H,2-8H2,1H3. The maximum atomic E-state index is 12.4. The molecule has 0 heterocycles. The van der Waals surface area contributed by atoms with E-state index < -0.39 is 0 Å². The molecule has 0 aromatic carbocycles. The van der Waals surface area contributed by atoms with Crippen LogP contribution in [-0.2, 0) is 4.79 Å². The highest BCUT2D eigenvalue weighted by Crippen LogP contribution is 2.50. The minimum atomic E-state index is 0.448. The Morgan fingerprint density at radius 1 is 1.00 bits per heavy atom. The summed E-state index contributed by atoms with van der Waals surface area (Å²) in [5.74, 6) is 4.11. The van der Waals surface area contributed by atoms with Crippen LogP contribution in [0.5, 0.6) is 0 Å². The van der Waals surface area contributed by atoms with Gasteiger partial charge in [0.15, 0.2) is 0 Å². The number of rotatable bonds is 2. The molecule has 2 bridgehead atoms. The lowest BCUT2D eigenvalue weighted by Crippen LogP contribution is -2.26. The van der Waals surface area contributed by atoms with Crippen molar-refractivity contribution in [2.45, 2.75) is 51.9 Å². The van der Waals surface area contributed by atoms with Gasteiger partial charge < -0.3 is 0 Å². The van der Waals surface area contributed by atoms with Gasteiger partial charge in [0.1, 0.15) is 5.78 Å². The first-order valence-electron chi connectivity index (χ1n) is 6.77. The first-order chi connectivity index (χ1) is 7.24. The lowest BCUT2D eigenvalue weighted by atomic mass is 9.80. The topological polar surface area (TPSA) is 17.1 Å². The van der Waals surface area contributed by atoms with Crippen LogP contribution in [0, 0.1) is 29.6 Å². The fourth-order valence-corrected chi connectivity index (χ4v) is 4.36. The van der Waals surface area contributed by atoms with E-state index in [0.717, 1.165) is 17.8 Å². The molecule has 3 fully saturated rings. The van der Waals surface area contributed by atoms with Gasteiger partial charge in [0.05, 0.1) is 0 Å². The normalized spacial score (nSPS) is 48.7. The van der Waals surface area contributed by atoms with E-state index >= 15 is 0 Å². The van der Waals surface area contributed by atoms with Gasteiger partial charge in [-0.25, -0.2) is 0 Å². The van der Waals surface area contributed by atoms with Crippen molar-refractivity contribution in [2.75, 3.05) is 0 Å². The molecule has 15 heavy (non-hydrogen) atoms. The Balaban J connectivity index is 1.65. The van der Waals surface area contributed by atoms with Gasteiger partial charge in [0.25, 0.3) is 0 Å². The molecule has 0 radical (unpaired) electrons. The fraction of sp³-hybridized carbons (Fsp3) is 0.929. The zero-order valence-electron chi connectivity index (χ0n) is 9.74. The summed E-state index contributed by atoms with van der Waals surface area (Å²) in [5.41, 5.74) is 0. The number of Topliss-reactive ketones (excluding diaryl/α,β-unsaturated/α-hetero) is 1. The molecule has 3 aliphatic rings. The van der Waals surface area contributed by atoms with Gasteiger partial charge in [-0.15, -0.1) is 0 Å². The SMILES string of the molecule is CC1CCC(C(=O)C2CC3CCC2C3)C1. The van der Waals surface area contributed by atoms with Crippen LogP contribution in [0.25, 0.3) is 0 Å². The monoisotopic (exact) mass is 206 g/mol. The van der Waals surface area contributed by atoms with Crippen LogP contribution < -0.4 is 0 Å². The van der Waals surface area contributed by atoms with Gasteiger partial charge in [0, 0.05) is 11.8 Å². The number of ketones is 1. The second-order valence-corrected chi connectivity index (χ2v) is 6.30. The minimum absolute atomic E-state index is 0.448. The summed E-state index contributed by atoms with van der Waals surface area (Å²) in [4.78, 5) is 12.4. The highest BCUT2D eigenvalue weighted by atomic mass is 16.1. The summed E-state index contributed by atoms with van der Waals surface area (Å²) in [6.07, 6.45) is 9.05. The molecule has 0 spiro atoms. The highest BCUT2D eigenvalue weighted by molar-refractivity contribution is 5.84. The number of fused-ring (bicyclic) bond motifs is 2. The van der Waals surface area contributed by atoms with E-state index in [2.05, 4.69) is 6.92 Å². The van der Waals surface area contributed by atoms with Crippen LogP contribution in [-0.4, -0.2) is 5.78 Å². The number of hydrogen-bond donors (Lipinski definition) is 0. The van der Waals surface area contributed by atoms with Gasteiger partial charge in [-0.3, -0.25) is 4.79 Å². The molecule has 0 saturated heterocycles. The maximum absolute atomic E-state index is 12.4. The maximum Gasteiger partial charge on any atom is 0.139 e. The van der Waals surface area contributed by atoms with Gasteiger partial charge in [-0.1, -0.05) is 13.3 Å².